The number of H-pyrrole nitrogens is 1. The van der Waals surface area contributed by atoms with Crippen molar-refractivity contribution in [2.45, 2.75) is 0 Å². The lowest BCUT2D eigenvalue weighted by molar-refractivity contribution is -0.118. The maximum Gasteiger partial charge on any atom is 0.262 e. The summed E-state index contributed by atoms with van der Waals surface area (Å²) in [5.74, 6) is 0.328. The highest BCUT2D eigenvalue weighted by molar-refractivity contribution is 6.05. The lowest BCUT2D eigenvalue weighted by Gasteiger charge is -2.18. The molecule has 2 aromatic carbocycles. The molecule has 0 atom stereocenters. The van der Waals surface area contributed by atoms with Gasteiger partial charge in [-0.3, -0.25) is 14.9 Å². The minimum Gasteiger partial charge on any atom is -0.482 e. The van der Waals surface area contributed by atoms with Gasteiger partial charge in [-0.15, -0.1) is 0 Å². The third-order valence-electron chi connectivity index (χ3n) is 3.50. The van der Waals surface area contributed by atoms with Crippen molar-refractivity contribution < 1.29 is 14.3 Å². The number of anilines is 2. The molecule has 0 spiro atoms. The molecule has 0 aliphatic carbocycles. The molecule has 4 rings (SSSR count). The second kappa shape index (κ2) is 5.13. The van der Waals surface area contributed by atoms with Gasteiger partial charge in [0.2, 0.25) is 5.95 Å². The molecule has 1 aliphatic rings. The van der Waals surface area contributed by atoms with E-state index in [-0.39, 0.29) is 18.4 Å². The van der Waals surface area contributed by atoms with Crippen molar-refractivity contribution >= 4 is 34.5 Å². The molecule has 0 unspecified atom stereocenters. The number of rotatable bonds is 2. The minimum absolute atomic E-state index is 0.0539. The highest BCUT2D eigenvalue weighted by atomic mass is 16.5. The van der Waals surface area contributed by atoms with Gasteiger partial charge in [0.05, 0.1) is 16.7 Å². The van der Waals surface area contributed by atoms with Crippen molar-refractivity contribution in [3.8, 4) is 5.75 Å². The first-order valence-corrected chi connectivity index (χ1v) is 7.02. The van der Waals surface area contributed by atoms with E-state index in [1.54, 1.807) is 18.2 Å². The van der Waals surface area contributed by atoms with E-state index in [1.807, 2.05) is 24.3 Å². The van der Waals surface area contributed by atoms with E-state index >= 15 is 0 Å². The van der Waals surface area contributed by atoms with Gasteiger partial charge in [-0.1, -0.05) is 12.1 Å². The Morgan fingerprint density at radius 3 is 2.96 bits per heavy atom. The molecule has 0 saturated heterocycles. The number of carbonyl (C=O) groups is 2. The number of para-hydroxylation sites is 2. The summed E-state index contributed by atoms with van der Waals surface area (Å²) in [6, 6.07) is 12.4. The van der Waals surface area contributed by atoms with Crippen molar-refractivity contribution in [2.75, 3.05) is 17.2 Å². The summed E-state index contributed by atoms with van der Waals surface area (Å²) in [5.41, 5.74) is 2.60. The fourth-order valence-electron chi connectivity index (χ4n) is 2.41. The Labute approximate surface area is 130 Å². The monoisotopic (exact) mass is 308 g/mol. The minimum atomic E-state index is -0.313. The smallest absolute Gasteiger partial charge is 0.262 e. The molecule has 23 heavy (non-hydrogen) atoms. The average Bonchev–Trinajstić information content (AvgIpc) is 2.96. The number of ether oxygens (including phenoxy) is 1. The Bertz CT molecular complexity index is 899. The van der Waals surface area contributed by atoms with Crippen molar-refractivity contribution in [1.29, 1.82) is 0 Å². The third-order valence-corrected chi connectivity index (χ3v) is 3.50. The molecule has 114 valence electrons. The standard InChI is InChI=1S/C16H12N4O3/c21-14-8-23-13-7-9(5-6-12(13)17-14)15(22)20-16-18-10-3-1-2-4-11(10)19-16/h1-7H,8H2,(H,17,21)(H2,18,19,20,22). The molecule has 3 N–H and O–H groups in total. The number of amides is 2. The number of benzene rings is 2. The van der Waals surface area contributed by atoms with Crippen molar-refractivity contribution in [2.24, 2.45) is 0 Å². The topological polar surface area (TPSA) is 96.1 Å². The van der Waals surface area contributed by atoms with Crippen LogP contribution in [-0.4, -0.2) is 28.4 Å². The van der Waals surface area contributed by atoms with Gasteiger partial charge >= 0.3 is 0 Å². The summed E-state index contributed by atoms with van der Waals surface area (Å²) in [5, 5.41) is 5.39. The summed E-state index contributed by atoms with van der Waals surface area (Å²) in [4.78, 5) is 30.9. The molecule has 2 heterocycles. The molecule has 0 bridgehead atoms. The number of nitrogens with one attached hydrogen (secondary N) is 3. The third kappa shape index (κ3) is 2.48. The van der Waals surface area contributed by atoms with Gasteiger partial charge in [0, 0.05) is 5.56 Å². The summed E-state index contributed by atoms with van der Waals surface area (Å²) >= 11 is 0. The highest BCUT2D eigenvalue weighted by Crippen LogP contribution is 2.28. The molecule has 7 heteroatoms. The molecule has 1 aromatic heterocycles. The summed E-state index contributed by atoms with van der Waals surface area (Å²) in [6.45, 7) is -0.0539. The number of nitrogens with zero attached hydrogens (tertiary/aromatic N) is 1. The summed E-state index contributed by atoms with van der Waals surface area (Å²) in [6.07, 6.45) is 0. The lowest BCUT2D eigenvalue weighted by Crippen LogP contribution is -2.25. The molecule has 2 amide bonds. The van der Waals surface area contributed by atoms with Crippen molar-refractivity contribution in [3.05, 3.63) is 48.0 Å². The number of imidazole rings is 1. The van der Waals surface area contributed by atoms with Gasteiger partial charge in [-0.2, -0.15) is 0 Å². The predicted octanol–water partition coefficient (Wildman–Crippen LogP) is 2.15. The van der Waals surface area contributed by atoms with E-state index in [2.05, 4.69) is 20.6 Å². The van der Waals surface area contributed by atoms with Gasteiger partial charge < -0.3 is 15.0 Å². The van der Waals surface area contributed by atoms with Gasteiger partial charge in [-0.25, -0.2) is 4.98 Å². The predicted molar refractivity (Wildman–Crippen MR) is 84.6 cm³/mol. The van der Waals surface area contributed by atoms with Gasteiger partial charge in [0.15, 0.2) is 6.61 Å². The Morgan fingerprint density at radius 2 is 2.09 bits per heavy atom. The molecule has 3 aromatic rings. The Morgan fingerprint density at radius 1 is 1.22 bits per heavy atom. The number of hydrogen-bond donors (Lipinski definition) is 3. The lowest BCUT2D eigenvalue weighted by atomic mass is 10.1. The first-order chi connectivity index (χ1) is 11.2. The normalized spacial score (nSPS) is 13.1. The summed E-state index contributed by atoms with van der Waals surface area (Å²) < 4.78 is 5.31. The van der Waals surface area contributed by atoms with Gasteiger partial charge in [-0.05, 0) is 30.3 Å². The molecular formula is C16H12N4O3. The number of aromatic nitrogens is 2. The highest BCUT2D eigenvalue weighted by Gasteiger charge is 2.18. The second-order valence-electron chi connectivity index (χ2n) is 5.10. The largest absolute Gasteiger partial charge is 0.482 e. The number of fused-ring (bicyclic) bond motifs is 2. The zero-order valence-electron chi connectivity index (χ0n) is 11.9. The maximum absolute atomic E-state index is 12.3. The molecule has 0 fully saturated rings. The first kappa shape index (κ1) is 13.3. The van der Waals surface area contributed by atoms with Crippen LogP contribution in [0.5, 0.6) is 5.75 Å². The Hall–Kier alpha value is -3.35. The molecule has 0 saturated carbocycles. The SMILES string of the molecule is O=C1COc2cc(C(=O)Nc3nc4ccccc4[nH]3)ccc2N1. The number of aromatic amines is 1. The quantitative estimate of drug-likeness (QED) is 0.676. The van der Waals surface area contributed by atoms with Crippen LogP contribution in [0.2, 0.25) is 0 Å². The van der Waals surface area contributed by atoms with Crippen molar-refractivity contribution in [1.82, 2.24) is 9.97 Å². The van der Waals surface area contributed by atoms with E-state index < -0.39 is 0 Å². The van der Waals surface area contributed by atoms with Gasteiger partial charge in [0.25, 0.3) is 11.8 Å². The van der Waals surface area contributed by atoms with Crippen LogP contribution in [0.4, 0.5) is 11.6 Å². The van der Waals surface area contributed by atoms with Crippen LogP contribution in [0.15, 0.2) is 42.5 Å². The van der Waals surface area contributed by atoms with E-state index in [9.17, 15) is 9.59 Å². The molecule has 1 aliphatic heterocycles. The second-order valence-corrected chi connectivity index (χ2v) is 5.10. The maximum atomic E-state index is 12.3. The van der Waals surface area contributed by atoms with Crippen LogP contribution in [0.3, 0.4) is 0 Å². The molecule has 0 radical (unpaired) electrons. The van der Waals surface area contributed by atoms with Crippen LogP contribution in [0.1, 0.15) is 10.4 Å². The molecular weight excluding hydrogens is 296 g/mol. The fraction of sp³-hybridized carbons (Fsp3) is 0.0625. The Kier molecular flexibility index (Phi) is 2.97. The van der Waals surface area contributed by atoms with Crippen LogP contribution >= 0.6 is 0 Å². The average molecular weight is 308 g/mol. The fourth-order valence-corrected chi connectivity index (χ4v) is 2.41. The van der Waals surface area contributed by atoms with Crippen LogP contribution < -0.4 is 15.4 Å². The van der Waals surface area contributed by atoms with E-state index in [4.69, 9.17) is 4.74 Å². The summed E-state index contributed by atoms with van der Waals surface area (Å²) in [7, 11) is 0. The van der Waals surface area contributed by atoms with E-state index in [1.165, 1.54) is 0 Å². The Balaban J connectivity index is 1.58. The van der Waals surface area contributed by atoms with Crippen LogP contribution in [0, 0.1) is 0 Å². The number of carbonyl (C=O) groups excluding carboxylic acids is 2. The zero-order valence-corrected chi connectivity index (χ0v) is 11.9. The van der Waals surface area contributed by atoms with E-state index in [0.717, 1.165) is 11.0 Å². The number of hydrogen-bond acceptors (Lipinski definition) is 4. The van der Waals surface area contributed by atoms with Crippen LogP contribution in [-0.2, 0) is 4.79 Å². The van der Waals surface area contributed by atoms with Crippen LogP contribution in [0.25, 0.3) is 11.0 Å². The first-order valence-electron chi connectivity index (χ1n) is 7.02. The molecule has 7 nitrogen and oxygen atoms in total. The van der Waals surface area contributed by atoms with Crippen molar-refractivity contribution in [3.63, 3.8) is 0 Å². The zero-order chi connectivity index (χ0) is 15.8. The van der Waals surface area contributed by atoms with Gasteiger partial charge in [0.1, 0.15) is 5.75 Å². The van der Waals surface area contributed by atoms with E-state index in [0.29, 0.717) is 22.9 Å².